The van der Waals surface area contributed by atoms with Gasteiger partial charge in [0.15, 0.2) is 34.6 Å². The first kappa shape index (κ1) is 25.9. The summed E-state index contributed by atoms with van der Waals surface area (Å²) in [4.78, 5) is 0. The van der Waals surface area contributed by atoms with E-state index in [1.165, 1.54) is 0 Å². The maximum Gasteiger partial charge on any atom is 0.203 e. The van der Waals surface area contributed by atoms with Gasteiger partial charge < -0.3 is 28.4 Å². The molecule has 12 nitrogen and oxygen atoms in total. The van der Waals surface area contributed by atoms with Gasteiger partial charge in [0.25, 0.3) is 0 Å². The van der Waals surface area contributed by atoms with E-state index >= 15 is 0 Å². The van der Waals surface area contributed by atoms with Crippen LogP contribution in [0.2, 0.25) is 0 Å². The van der Waals surface area contributed by atoms with Crippen LogP contribution >= 0.6 is 0 Å². The first-order valence-corrected chi connectivity index (χ1v) is 10.6. The first-order valence-electron chi connectivity index (χ1n) is 10.6. The van der Waals surface area contributed by atoms with Crippen molar-refractivity contribution in [3.05, 3.63) is 47.5 Å². The lowest BCUT2D eigenvalue weighted by Crippen LogP contribution is -2.00. The molecule has 0 radical (unpaired) electrons. The van der Waals surface area contributed by atoms with E-state index < -0.39 is 0 Å². The van der Waals surface area contributed by atoms with E-state index in [1.54, 1.807) is 91.5 Å². The second-order valence-corrected chi connectivity index (χ2v) is 6.96. The highest BCUT2D eigenvalue weighted by Crippen LogP contribution is 2.38. The summed E-state index contributed by atoms with van der Waals surface area (Å²) in [6.45, 7) is 0. The standard InChI is InChI=1S/C24H28N6O6/c1-31-17-9-15(10-18(32-2)23(17)35-5)13-25-27-21-7-8-22(30-29-21)28-26-14-16-11-19(33-3)24(36-6)20(12-16)34-4/h7-14H,1-6H3,(H,27,29)(H,28,30). The maximum atomic E-state index is 5.35. The lowest BCUT2D eigenvalue weighted by molar-refractivity contribution is 0.324. The fourth-order valence-electron chi connectivity index (χ4n) is 3.15. The summed E-state index contributed by atoms with van der Waals surface area (Å²) in [5, 5.41) is 16.5. The number of hydrogen-bond donors (Lipinski definition) is 2. The number of benzene rings is 2. The molecule has 2 aromatic carbocycles. The number of methoxy groups -OCH3 is 6. The van der Waals surface area contributed by atoms with Gasteiger partial charge in [-0.25, -0.2) is 0 Å². The average Bonchev–Trinajstić information content (AvgIpc) is 2.92. The van der Waals surface area contributed by atoms with Crippen molar-refractivity contribution in [2.24, 2.45) is 10.2 Å². The minimum Gasteiger partial charge on any atom is -0.493 e. The Labute approximate surface area is 208 Å². The van der Waals surface area contributed by atoms with E-state index in [4.69, 9.17) is 28.4 Å². The van der Waals surface area contributed by atoms with Gasteiger partial charge in [0.1, 0.15) is 0 Å². The van der Waals surface area contributed by atoms with Crippen molar-refractivity contribution in [1.29, 1.82) is 0 Å². The third kappa shape index (κ3) is 6.23. The van der Waals surface area contributed by atoms with Crippen molar-refractivity contribution in [1.82, 2.24) is 10.2 Å². The Balaban J connectivity index is 1.62. The lowest BCUT2D eigenvalue weighted by atomic mass is 10.2. The summed E-state index contributed by atoms with van der Waals surface area (Å²) in [6, 6.07) is 10.5. The summed E-state index contributed by atoms with van der Waals surface area (Å²) in [7, 11) is 9.30. The van der Waals surface area contributed by atoms with Crippen LogP contribution in [0.15, 0.2) is 46.6 Å². The Morgan fingerprint density at radius 1 is 0.556 bits per heavy atom. The molecule has 190 valence electrons. The highest BCUT2D eigenvalue weighted by molar-refractivity contribution is 5.83. The third-order valence-corrected chi connectivity index (χ3v) is 4.82. The van der Waals surface area contributed by atoms with Crippen LogP contribution in [-0.2, 0) is 0 Å². The van der Waals surface area contributed by atoms with Crippen LogP contribution in [0.5, 0.6) is 34.5 Å². The van der Waals surface area contributed by atoms with E-state index in [-0.39, 0.29) is 0 Å². The molecule has 1 heterocycles. The molecule has 3 rings (SSSR count). The highest BCUT2D eigenvalue weighted by atomic mass is 16.5. The number of hydrazone groups is 2. The minimum atomic E-state index is 0.442. The predicted octanol–water partition coefficient (Wildman–Crippen LogP) is 3.42. The minimum absolute atomic E-state index is 0.442. The molecule has 0 atom stereocenters. The van der Waals surface area contributed by atoms with Gasteiger partial charge in [0, 0.05) is 11.1 Å². The molecule has 2 N–H and O–H groups in total. The molecule has 36 heavy (non-hydrogen) atoms. The second kappa shape index (κ2) is 12.6. The van der Waals surface area contributed by atoms with Crippen LogP contribution in [0.4, 0.5) is 11.6 Å². The van der Waals surface area contributed by atoms with Gasteiger partial charge in [0.05, 0.1) is 55.1 Å². The highest BCUT2D eigenvalue weighted by Gasteiger charge is 2.13. The molecule has 0 spiro atoms. The molecule has 0 aliphatic heterocycles. The molecule has 0 aliphatic carbocycles. The molecular weight excluding hydrogens is 468 g/mol. The van der Waals surface area contributed by atoms with Gasteiger partial charge in [0.2, 0.25) is 11.5 Å². The third-order valence-electron chi connectivity index (χ3n) is 4.82. The Morgan fingerprint density at radius 2 is 0.889 bits per heavy atom. The summed E-state index contributed by atoms with van der Waals surface area (Å²) < 4.78 is 32.0. The van der Waals surface area contributed by atoms with Crippen molar-refractivity contribution >= 4 is 24.1 Å². The summed E-state index contributed by atoms with van der Waals surface area (Å²) in [5.41, 5.74) is 7.12. The number of rotatable bonds is 12. The van der Waals surface area contributed by atoms with Crippen LogP contribution in [0, 0.1) is 0 Å². The van der Waals surface area contributed by atoms with Gasteiger partial charge >= 0.3 is 0 Å². The Kier molecular flexibility index (Phi) is 9.09. The van der Waals surface area contributed by atoms with Crippen LogP contribution < -0.4 is 39.3 Å². The SMILES string of the molecule is COc1cc(C=NNc2ccc(NN=Cc3cc(OC)c(OC)c(OC)c3)nn2)cc(OC)c1OC. The quantitative estimate of drug-likeness (QED) is 0.284. The van der Waals surface area contributed by atoms with Gasteiger partial charge in [-0.05, 0) is 36.4 Å². The van der Waals surface area contributed by atoms with Crippen LogP contribution in [-0.4, -0.2) is 65.3 Å². The largest absolute Gasteiger partial charge is 0.493 e. The molecule has 0 unspecified atom stereocenters. The number of aromatic nitrogens is 2. The Hall–Kier alpha value is -4.74. The summed E-state index contributed by atoms with van der Waals surface area (Å²) >= 11 is 0. The van der Waals surface area contributed by atoms with Gasteiger partial charge in [-0.1, -0.05) is 0 Å². The van der Waals surface area contributed by atoms with E-state index in [9.17, 15) is 0 Å². The van der Waals surface area contributed by atoms with E-state index in [0.29, 0.717) is 46.1 Å². The van der Waals surface area contributed by atoms with E-state index in [2.05, 4.69) is 31.3 Å². The van der Waals surface area contributed by atoms with Crippen molar-refractivity contribution in [3.63, 3.8) is 0 Å². The van der Waals surface area contributed by atoms with Crippen molar-refractivity contribution in [2.45, 2.75) is 0 Å². The van der Waals surface area contributed by atoms with Gasteiger partial charge in [-0.15, -0.1) is 10.2 Å². The van der Waals surface area contributed by atoms with Crippen LogP contribution in [0.3, 0.4) is 0 Å². The Morgan fingerprint density at radius 3 is 1.14 bits per heavy atom. The molecule has 12 heteroatoms. The monoisotopic (exact) mass is 496 g/mol. The zero-order valence-electron chi connectivity index (χ0n) is 20.9. The predicted molar refractivity (Wildman–Crippen MR) is 137 cm³/mol. The molecule has 0 amide bonds. The molecule has 0 aliphatic rings. The zero-order chi connectivity index (χ0) is 25.9. The maximum absolute atomic E-state index is 5.35. The molecule has 3 aromatic rings. The topological polar surface area (TPSA) is 130 Å². The fraction of sp³-hybridized carbons (Fsp3) is 0.250. The summed E-state index contributed by atoms with van der Waals surface area (Å²) in [6.07, 6.45) is 3.19. The molecular formula is C24H28N6O6. The van der Waals surface area contributed by atoms with E-state index in [1.807, 2.05) is 0 Å². The van der Waals surface area contributed by atoms with Gasteiger partial charge in [-0.2, -0.15) is 10.2 Å². The molecule has 0 saturated carbocycles. The first-order chi connectivity index (χ1) is 17.6. The number of nitrogens with one attached hydrogen (secondary N) is 2. The van der Waals surface area contributed by atoms with Crippen LogP contribution in [0.1, 0.15) is 11.1 Å². The number of anilines is 2. The normalized spacial score (nSPS) is 10.8. The smallest absolute Gasteiger partial charge is 0.203 e. The summed E-state index contributed by atoms with van der Waals surface area (Å²) in [5.74, 6) is 4.01. The number of ether oxygens (including phenoxy) is 6. The van der Waals surface area contributed by atoms with Crippen molar-refractivity contribution in [2.75, 3.05) is 53.5 Å². The number of nitrogens with zero attached hydrogens (tertiary/aromatic N) is 4. The molecule has 0 fully saturated rings. The second-order valence-electron chi connectivity index (χ2n) is 6.96. The average molecular weight is 497 g/mol. The molecule has 1 aromatic heterocycles. The van der Waals surface area contributed by atoms with Gasteiger partial charge in [-0.3, -0.25) is 10.9 Å². The molecule has 0 bridgehead atoms. The fourth-order valence-corrected chi connectivity index (χ4v) is 3.15. The Bertz CT molecular complexity index is 1070. The lowest BCUT2D eigenvalue weighted by Gasteiger charge is -2.12. The van der Waals surface area contributed by atoms with E-state index in [0.717, 1.165) is 11.1 Å². The van der Waals surface area contributed by atoms with Crippen LogP contribution in [0.25, 0.3) is 0 Å². The van der Waals surface area contributed by atoms with Crippen molar-refractivity contribution < 1.29 is 28.4 Å². The molecule has 0 saturated heterocycles. The zero-order valence-corrected chi connectivity index (χ0v) is 20.9. The van der Waals surface area contributed by atoms with Crippen molar-refractivity contribution in [3.8, 4) is 34.5 Å². The number of hydrogen-bond acceptors (Lipinski definition) is 12.